The van der Waals surface area contributed by atoms with Crippen molar-refractivity contribution in [2.75, 3.05) is 33.3 Å². The van der Waals surface area contributed by atoms with Crippen molar-refractivity contribution in [1.29, 1.82) is 0 Å². The molecule has 5 heterocycles. The molecule has 7 nitrogen and oxygen atoms in total. The van der Waals surface area contributed by atoms with Crippen LogP contribution in [-0.4, -0.2) is 72.6 Å². The van der Waals surface area contributed by atoms with Crippen LogP contribution in [0.15, 0.2) is 52.7 Å². The van der Waals surface area contributed by atoms with Crippen molar-refractivity contribution >= 4 is 12.2 Å². The van der Waals surface area contributed by atoms with Gasteiger partial charge in [0.1, 0.15) is 11.9 Å². The second kappa shape index (κ2) is 9.08. The van der Waals surface area contributed by atoms with Gasteiger partial charge < -0.3 is 25.0 Å². The number of nitrogens with zero attached hydrogens (tertiary/aromatic N) is 3. The zero-order valence-electron chi connectivity index (χ0n) is 18.6. The first kappa shape index (κ1) is 21.2. The van der Waals surface area contributed by atoms with E-state index in [1.165, 1.54) is 25.9 Å². The highest BCUT2D eigenvalue weighted by atomic mass is 16.5. The molecule has 3 atom stereocenters. The summed E-state index contributed by atoms with van der Waals surface area (Å²) < 4.78 is 5.26. The summed E-state index contributed by atoms with van der Waals surface area (Å²) in [7, 11) is 1.66. The first-order valence-corrected chi connectivity index (χ1v) is 11.6. The quantitative estimate of drug-likeness (QED) is 0.652. The number of aliphatic imine (C=N–C) groups is 1. The van der Waals surface area contributed by atoms with Crippen LogP contribution < -0.4 is 10.1 Å². The number of nitrogens with one attached hydrogen (secondary N) is 1. The SMILES string of the molecule is COc1ccc(CN2C=C(CCNC3CN4CCC3CC4)C3C(C(=O)O)=CC=NC32)cc1. The molecule has 2 N–H and O–H groups in total. The average molecular weight is 437 g/mol. The number of piperidine rings is 3. The number of aliphatic carboxylic acids is 1. The van der Waals surface area contributed by atoms with Crippen LogP contribution in [0.1, 0.15) is 24.8 Å². The molecule has 1 aromatic carbocycles. The summed E-state index contributed by atoms with van der Waals surface area (Å²) >= 11 is 0. The van der Waals surface area contributed by atoms with Crippen LogP contribution in [0.4, 0.5) is 0 Å². The van der Waals surface area contributed by atoms with Crippen LogP contribution in [0.25, 0.3) is 0 Å². The van der Waals surface area contributed by atoms with Gasteiger partial charge in [-0.2, -0.15) is 0 Å². The number of benzene rings is 1. The number of rotatable bonds is 8. The summed E-state index contributed by atoms with van der Waals surface area (Å²) in [5.41, 5.74) is 2.74. The lowest BCUT2D eigenvalue weighted by atomic mass is 9.83. The number of carboxylic acid groups (broad SMARTS) is 1. The van der Waals surface area contributed by atoms with Crippen LogP contribution >= 0.6 is 0 Å². The summed E-state index contributed by atoms with van der Waals surface area (Å²) in [6, 6.07) is 8.57. The third-order valence-corrected chi connectivity index (χ3v) is 7.44. The van der Waals surface area contributed by atoms with Gasteiger partial charge in [-0.15, -0.1) is 0 Å². The zero-order valence-corrected chi connectivity index (χ0v) is 18.6. The highest BCUT2D eigenvalue weighted by Crippen LogP contribution is 2.39. The number of allylic oxidation sites excluding steroid dienone is 1. The fourth-order valence-corrected chi connectivity index (χ4v) is 5.70. The van der Waals surface area contributed by atoms with Gasteiger partial charge in [0.2, 0.25) is 0 Å². The van der Waals surface area contributed by atoms with Crippen LogP contribution in [0.2, 0.25) is 0 Å². The van der Waals surface area contributed by atoms with Crippen molar-refractivity contribution in [2.24, 2.45) is 16.8 Å². The molecule has 0 saturated carbocycles. The maximum Gasteiger partial charge on any atom is 0.332 e. The molecule has 2 bridgehead atoms. The van der Waals surface area contributed by atoms with E-state index in [2.05, 4.69) is 38.4 Å². The summed E-state index contributed by atoms with van der Waals surface area (Å²) in [5.74, 6) is 0.568. The molecule has 0 amide bonds. The third kappa shape index (κ3) is 4.19. The Balaban J connectivity index is 1.29. The van der Waals surface area contributed by atoms with Gasteiger partial charge >= 0.3 is 5.97 Å². The van der Waals surface area contributed by atoms with E-state index in [0.29, 0.717) is 18.2 Å². The normalized spacial score (nSPS) is 30.7. The summed E-state index contributed by atoms with van der Waals surface area (Å²) in [5, 5.41) is 13.6. The predicted octanol–water partition coefficient (Wildman–Crippen LogP) is 2.51. The molecular weight excluding hydrogens is 404 g/mol. The van der Waals surface area contributed by atoms with E-state index < -0.39 is 5.97 Å². The number of fused-ring (bicyclic) bond motifs is 4. The molecule has 0 aliphatic carbocycles. The Morgan fingerprint density at radius 3 is 2.69 bits per heavy atom. The molecule has 0 radical (unpaired) electrons. The molecule has 7 heteroatoms. The monoisotopic (exact) mass is 436 g/mol. The van der Waals surface area contributed by atoms with E-state index in [-0.39, 0.29) is 12.1 Å². The maximum atomic E-state index is 12.0. The minimum Gasteiger partial charge on any atom is -0.497 e. The van der Waals surface area contributed by atoms with E-state index >= 15 is 0 Å². The molecule has 1 aromatic rings. The molecule has 32 heavy (non-hydrogen) atoms. The Bertz CT molecular complexity index is 931. The van der Waals surface area contributed by atoms with Crippen molar-refractivity contribution in [1.82, 2.24) is 15.1 Å². The second-order valence-electron chi connectivity index (χ2n) is 9.29. The second-order valence-corrected chi connectivity index (χ2v) is 9.29. The van der Waals surface area contributed by atoms with Gasteiger partial charge in [-0.3, -0.25) is 4.99 Å². The van der Waals surface area contributed by atoms with E-state index in [9.17, 15) is 9.90 Å². The van der Waals surface area contributed by atoms with Gasteiger partial charge in [0.15, 0.2) is 0 Å². The Labute approximate surface area is 189 Å². The zero-order chi connectivity index (χ0) is 22.1. The Morgan fingerprint density at radius 1 is 1.25 bits per heavy atom. The van der Waals surface area contributed by atoms with Crippen LogP contribution in [0.5, 0.6) is 5.75 Å². The number of ether oxygens (including phenoxy) is 1. The fraction of sp³-hybridized carbons (Fsp3) is 0.520. The van der Waals surface area contributed by atoms with E-state index in [1.807, 2.05) is 12.1 Å². The molecular formula is C25H32N4O3. The standard InChI is InChI=1S/C25H32N4O3/c1-32-20-4-2-17(3-5-20)14-29-15-19(23-21(25(30)31)7-11-27-24(23)29)6-10-26-22-16-28-12-8-18(22)9-13-28/h2-5,7,11,15,18,22-24,26H,6,8-10,12-14,16H2,1H3,(H,30,31). The summed E-state index contributed by atoms with van der Waals surface area (Å²) in [6.45, 7) is 5.18. The van der Waals surface area contributed by atoms with Crippen LogP contribution in [-0.2, 0) is 11.3 Å². The van der Waals surface area contributed by atoms with Crippen molar-refractivity contribution in [2.45, 2.75) is 38.0 Å². The number of dihydropyridines is 1. The number of hydrogen-bond donors (Lipinski definition) is 2. The molecule has 0 spiro atoms. The molecule has 3 fully saturated rings. The van der Waals surface area contributed by atoms with Crippen molar-refractivity contribution in [3.63, 3.8) is 0 Å². The first-order valence-electron chi connectivity index (χ1n) is 11.6. The minimum atomic E-state index is -0.853. The molecule has 5 aliphatic heterocycles. The highest BCUT2D eigenvalue weighted by molar-refractivity contribution is 5.94. The Kier molecular flexibility index (Phi) is 6.02. The number of carbonyl (C=O) groups is 1. The van der Waals surface area contributed by atoms with Gasteiger partial charge in [0, 0.05) is 37.1 Å². The summed E-state index contributed by atoms with van der Waals surface area (Å²) in [6.07, 6.45) is 8.69. The largest absolute Gasteiger partial charge is 0.497 e. The van der Waals surface area contributed by atoms with Crippen LogP contribution in [0.3, 0.4) is 0 Å². The lowest BCUT2D eigenvalue weighted by Gasteiger charge is -2.45. The van der Waals surface area contributed by atoms with Gasteiger partial charge in [0.25, 0.3) is 0 Å². The fourth-order valence-electron chi connectivity index (χ4n) is 5.70. The van der Waals surface area contributed by atoms with Crippen molar-refractivity contribution in [3.8, 4) is 5.75 Å². The molecule has 170 valence electrons. The smallest absolute Gasteiger partial charge is 0.332 e. The summed E-state index contributed by atoms with van der Waals surface area (Å²) in [4.78, 5) is 21.4. The third-order valence-electron chi connectivity index (χ3n) is 7.44. The van der Waals surface area contributed by atoms with Gasteiger partial charge in [-0.25, -0.2) is 4.79 Å². The maximum absolute atomic E-state index is 12.0. The van der Waals surface area contributed by atoms with Gasteiger partial charge in [-0.05, 0) is 74.2 Å². The molecule has 3 unspecified atom stereocenters. The number of methoxy groups -OCH3 is 1. The Morgan fingerprint density at radius 2 is 2.03 bits per heavy atom. The Hall–Kier alpha value is -2.64. The topological polar surface area (TPSA) is 77.4 Å². The number of hydrogen-bond acceptors (Lipinski definition) is 6. The highest BCUT2D eigenvalue weighted by Gasteiger charge is 2.41. The van der Waals surface area contributed by atoms with Gasteiger partial charge in [-0.1, -0.05) is 12.1 Å². The van der Waals surface area contributed by atoms with E-state index in [1.54, 1.807) is 19.4 Å². The van der Waals surface area contributed by atoms with Crippen molar-refractivity contribution < 1.29 is 14.6 Å². The lowest BCUT2D eigenvalue weighted by molar-refractivity contribution is -0.133. The minimum absolute atomic E-state index is 0.191. The lowest BCUT2D eigenvalue weighted by Crippen LogP contribution is -2.56. The number of carboxylic acids is 1. The first-order chi connectivity index (χ1) is 15.6. The van der Waals surface area contributed by atoms with E-state index in [4.69, 9.17) is 4.74 Å². The molecule has 0 aromatic heterocycles. The van der Waals surface area contributed by atoms with Crippen molar-refractivity contribution in [3.05, 3.63) is 53.3 Å². The molecule has 5 aliphatic rings. The van der Waals surface area contributed by atoms with E-state index in [0.717, 1.165) is 42.3 Å². The molecule has 3 saturated heterocycles. The van der Waals surface area contributed by atoms with Crippen LogP contribution in [0, 0.1) is 11.8 Å². The predicted molar refractivity (Wildman–Crippen MR) is 124 cm³/mol. The molecule has 6 rings (SSSR count). The average Bonchev–Trinajstić information content (AvgIpc) is 3.17. The van der Waals surface area contributed by atoms with Gasteiger partial charge in [0.05, 0.1) is 13.0 Å².